The van der Waals surface area contributed by atoms with E-state index in [1.54, 1.807) is 6.08 Å². The Hall–Kier alpha value is -2.52. The van der Waals surface area contributed by atoms with Gasteiger partial charge in [-0.3, -0.25) is 5.84 Å². The largest absolute Gasteiger partial charge is 0.405 e. The summed E-state index contributed by atoms with van der Waals surface area (Å²) in [5, 5.41) is 0. The molecule has 3 heteroatoms. The van der Waals surface area contributed by atoms with E-state index in [4.69, 9.17) is 11.6 Å². The number of aryl methyl sites for hydroxylation is 1. The summed E-state index contributed by atoms with van der Waals surface area (Å²) in [6.07, 6.45) is 7.87. The zero-order chi connectivity index (χ0) is 16.5. The number of allylic oxidation sites excluding steroid dienone is 6. The lowest BCUT2D eigenvalue weighted by Crippen LogP contribution is -2.22. The van der Waals surface area contributed by atoms with Crippen LogP contribution in [-0.2, 0) is 6.42 Å². The van der Waals surface area contributed by atoms with Crippen LogP contribution in [0.2, 0.25) is 0 Å². The lowest BCUT2D eigenvalue weighted by molar-refractivity contribution is 0.979. The Balaban J connectivity index is 3.62. The van der Waals surface area contributed by atoms with Crippen molar-refractivity contribution in [2.24, 2.45) is 11.6 Å². The molecule has 0 unspecified atom stereocenters. The number of hydrogen-bond donors (Lipinski definition) is 3. The molecular formula is C19H25N3. The van der Waals surface area contributed by atoms with Crippen molar-refractivity contribution in [2.75, 3.05) is 0 Å². The maximum atomic E-state index is 5.81. The Kier molecular flexibility index (Phi) is 6.93. The van der Waals surface area contributed by atoms with Gasteiger partial charge in [-0.25, -0.2) is 0 Å². The van der Waals surface area contributed by atoms with Crippen molar-refractivity contribution >= 4 is 5.70 Å². The van der Waals surface area contributed by atoms with Crippen LogP contribution in [0.25, 0.3) is 5.70 Å². The molecule has 0 atom stereocenters. The van der Waals surface area contributed by atoms with Gasteiger partial charge >= 0.3 is 0 Å². The predicted octanol–water partition coefficient (Wildman–Crippen LogP) is 3.58. The average molecular weight is 295 g/mol. The number of benzene rings is 1. The number of nitrogens with one attached hydrogen (secondary N) is 1. The van der Waals surface area contributed by atoms with Crippen LogP contribution < -0.4 is 17.0 Å². The Morgan fingerprint density at radius 1 is 1.36 bits per heavy atom. The van der Waals surface area contributed by atoms with Crippen LogP contribution in [0.3, 0.4) is 0 Å². The molecule has 5 N–H and O–H groups in total. The number of rotatable bonds is 7. The highest BCUT2D eigenvalue weighted by Gasteiger charge is 2.12. The smallest absolute Gasteiger partial charge is 0.0638 e. The minimum atomic E-state index is 0.814. The molecule has 116 valence electrons. The summed E-state index contributed by atoms with van der Waals surface area (Å²) in [5.41, 5.74) is 14.2. The molecular weight excluding hydrogens is 270 g/mol. The second kappa shape index (κ2) is 8.70. The minimum Gasteiger partial charge on any atom is -0.405 e. The second-order valence-corrected chi connectivity index (χ2v) is 4.95. The van der Waals surface area contributed by atoms with E-state index in [0.717, 1.165) is 34.4 Å². The first kappa shape index (κ1) is 17.5. The van der Waals surface area contributed by atoms with Crippen LogP contribution in [0, 0.1) is 0 Å². The summed E-state index contributed by atoms with van der Waals surface area (Å²) in [4.78, 5) is 0. The molecule has 1 aromatic carbocycles. The monoisotopic (exact) mass is 295 g/mol. The molecule has 22 heavy (non-hydrogen) atoms. The summed E-state index contributed by atoms with van der Waals surface area (Å²) >= 11 is 0. The lowest BCUT2D eigenvalue weighted by Gasteiger charge is -2.17. The van der Waals surface area contributed by atoms with Crippen LogP contribution in [0.5, 0.6) is 0 Å². The fourth-order valence-corrected chi connectivity index (χ4v) is 2.30. The van der Waals surface area contributed by atoms with E-state index in [9.17, 15) is 0 Å². The fraction of sp³-hybridized carbons (Fsp3) is 0.158. The molecule has 0 aromatic heterocycles. The first-order valence-corrected chi connectivity index (χ1v) is 7.26. The Morgan fingerprint density at radius 3 is 2.59 bits per heavy atom. The van der Waals surface area contributed by atoms with Crippen LogP contribution in [0.15, 0.2) is 78.6 Å². The third-order valence-electron chi connectivity index (χ3n) is 3.31. The molecule has 0 fully saturated rings. The predicted molar refractivity (Wildman–Crippen MR) is 96.5 cm³/mol. The zero-order valence-corrected chi connectivity index (χ0v) is 13.4. The summed E-state index contributed by atoms with van der Waals surface area (Å²) < 4.78 is 0. The van der Waals surface area contributed by atoms with Gasteiger partial charge in [-0.05, 0) is 54.0 Å². The quantitative estimate of drug-likeness (QED) is 0.409. The van der Waals surface area contributed by atoms with E-state index in [0.29, 0.717) is 0 Å². The number of nitrogens with two attached hydrogens (primary N) is 2. The van der Waals surface area contributed by atoms with Gasteiger partial charge in [0.05, 0.1) is 5.70 Å². The topological polar surface area (TPSA) is 64.1 Å². The van der Waals surface area contributed by atoms with E-state index < -0.39 is 0 Å². The Labute approximate surface area is 133 Å². The van der Waals surface area contributed by atoms with E-state index in [2.05, 4.69) is 37.6 Å². The van der Waals surface area contributed by atoms with Crippen molar-refractivity contribution in [1.29, 1.82) is 0 Å². The third-order valence-corrected chi connectivity index (χ3v) is 3.31. The molecule has 1 rings (SSSR count). The van der Waals surface area contributed by atoms with Gasteiger partial charge in [0.2, 0.25) is 0 Å². The van der Waals surface area contributed by atoms with Gasteiger partial charge in [0.1, 0.15) is 0 Å². The standard InChI is InChI=1S/C19H25N3/c1-5-8-16(11-12-20)18(14(3)4)19(22-21)17-10-7-9-15(6-2)13-17/h5,7-13,22H,1,3,6,20-21H2,2,4H3/b12-11-,16-8+,19-18+. The normalized spacial score (nSPS) is 13.0. The highest BCUT2D eigenvalue weighted by Crippen LogP contribution is 2.28. The summed E-state index contributed by atoms with van der Waals surface area (Å²) in [6, 6.07) is 8.26. The average Bonchev–Trinajstić information content (AvgIpc) is 2.52. The van der Waals surface area contributed by atoms with Gasteiger partial charge in [0.15, 0.2) is 0 Å². The van der Waals surface area contributed by atoms with Gasteiger partial charge in [-0.15, -0.1) is 0 Å². The van der Waals surface area contributed by atoms with Crippen molar-refractivity contribution < 1.29 is 0 Å². The maximum absolute atomic E-state index is 5.81. The van der Waals surface area contributed by atoms with Gasteiger partial charge < -0.3 is 11.2 Å². The Morgan fingerprint density at radius 2 is 2.09 bits per heavy atom. The van der Waals surface area contributed by atoms with Gasteiger partial charge in [-0.2, -0.15) is 0 Å². The molecule has 3 nitrogen and oxygen atoms in total. The maximum Gasteiger partial charge on any atom is 0.0638 e. The molecule has 0 heterocycles. The van der Waals surface area contributed by atoms with Crippen LogP contribution in [0.1, 0.15) is 25.0 Å². The second-order valence-electron chi connectivity index (χ2n) is 4.95. The molecule has 0 radical (unpaired) electrons. The third kappa shape index (κ3) is 4.24. The SMILES string of the molecule is C=C/C=C(\C=C/N)C(/C(=C)C)=C(/NN)c1cccc(CC)c1. The first-order valence-electron chi connectivity index (χ1n) is 7.26. The van der Waals surface area contributed by atoms with Crippen molar-refractivity contribution in [1.82, 2.24) is 5.43 Å². The molecule has 0 aliphatic heterocycles. The van der Waals surface area contributed by atoms with Crippen molar-refractivity contribution in [3.05, 3.63) is 89.7 Å². The molecule has 0 spiro atoms. The Bertz CT molecular complexity index is 634. The van der Waals surface area contributed by atoms with E-state index in [1.807, 2.05) is 31.2 Å². The molecule has 0 aliphatic rings. The summed E-state index contributed by atoms with van der Waals surface area (Å²) in [5.74, 6) is 5.81. The molecule has 1 aromatic rings. The molecule has 0 amide bonds. The fourth-order valence-electron chi connectivity index (χ4n) is 2.30. The summed E-state index contributed by atoms with van der Waals surface area (Å²) in [6.45, 7) is 11.9. The van der Waals surface area contributed by atoms with E-state index in [-0.39, 0.29) is 0 Å². The van der Waals surface area contributed by atoms with E-state index in [1.165, 1.54) is 11.8 Å². The summed E-state index contributed by atoms with van der Waals surface area (Å²) in [7, 11) is 0. The van der Waals surface area contributed by atoms with Gasteiger partial charge in [0.25, 0.3) is 0 Å². The van der Waals surface area contributed by atoms with Gasteiger partial charge in [0, 0.05) is 5.57 Å². The molecule has 0 saturated heterocycles. The molecule has 0 saturated carbocycles. The van der Waals surface area contributed by atoms with Crippen LogP contribution in [-0.4, -0.2) is 0 Å². The van der Waals surface area contributed by atoms with Crippen molar-refractivity contribution in [3.63, 3.8) is 0 Å². The lowest BCUT2D eigenvalue weighted by atomic mass is 9.93. The van der Waals surface area contributed by atoms with E-state index >= 15 is 0 Å². The highest BCUT2D eigenvalue weighted by atomic mass is 15.2. The number of hydrazine groups is 1. The zero-order valence-electron chi connectivity index (χ0n) is 13.4. The van der Waals surface area contributed by atoms with Crippen molar-refractivity contribution in [3.8, 4) is 0 Å². The highest BCUT2D eigenvalue weighted by molar-refractivity contribution is 5.76. The van der Waals surface area contributed by atoms with Crippen LogP contribution in [0.4, 0.5) is 0 Å². The number of hydrogen-bond acceptors (Lipinski definition) is 3. The minimum absolute atomic E-state index is 0.814. The first-order chi connectivity index (χ1) is 10.6. The van der Waals surface area contributed by atoms with Gasteiger partial charge in [-0.1, -0.05) is 50.4 Å². The molecule has 0 aliphatic carbocycles. The molecule has 0 bridgehead atoms. The van der Waals surface area contributed by atoms with Crippen molar-refractivity contribution in [2.45, 2.75) is 20.3 Å². The van der Waals surface area contributed by atoms with Crippen LogP contribution >= 0.6 is 0 Å².